The average Bonchev–Trinajstić information content (AvgIpc) is 2.53. The van der Waals surface area contributed by atoms with E-state index in [1.54, 1.807) is 27.8 Å². The fourth-order valence-corrected chi connectivity index (χ4v) is 1.99. The van der Waals surface area contributed by atoms with E-state index in [0.717, 1.165) is 11.3 Å². The van der Waals surface area contributed by atoms with Crippen molar-refractivity contribution in [2.75, 3.05) is 11.9 Å². The maximum absolute atomic E-state index is 12.1. The Morgan fingerprint density at radius 1 is 1.26 bits per heavy atom. The molecule has 0 aliphatic carbocycles. The van der Waals surface area contributed by atoms with Crippen LogP contribution in [0.4, 0.5) is 5.69 Å². The minimum absolute atomic E-state index is 0.188. The van der Waals surface area contributed by atoms with E-state index < -0.39 is 11.6 Å². The van der Waals surface area contributed by atoms with Gasteiger partial charge in [0, 0.05) is 18.7 Å². The minimum Gasteiger partial charge on any atom is -0.457 e. The van der Waals surface area contributed by atoms with Gasteiger partial charge in [-0.2, -0.15) is 0 Å². The lowest BCUT2D eigenvalue weighted by Crippen LogP contribution is -2.24. The van der Waals surface area contributed by atoms with Crippen molar-refractivity contribution in [3.63, 3.8) is 0 Å². The third-order valence-corrected chi connectivity index (χ3v) is 2.76. The highest BCUT2D eigenvalue weighted by atomic mass is 16.6. The molecule has 0 spiro atoms. The predicted molar refractivity (Wildman–Crippen MR) is 73.7 cm³/mol. The van der Waals surface area contributed by atoms with Crippen molar-refractivity contribution in [2.24, 2.45) is 0 Å². The Bertz CT molecular complexity index is 567. The molecule has 0 bridgehead atoms. The number of ether oxygens (including phenoxy) is 1. The minimum atomic E-state index is -0.568. The van der Waals surface area contributed by atoms with Crippen molar-refractivity contribution in [3.8, 4) is 0 Å². The highest BCUT2D eigenvalue weighted by Gasteiger charge is 2.30. The Labute approximate surface area is 112 Å². The monoisotopic (exact) mass is 259 g/mol. The Hall–Kier alpha value is -2.10. The molecule has 1 heterocycles. The quantitative estimate of drug-likeness (QED) is 0.574. The molecule has 0 atom stereocenters. The summed E-state index contributed by atoms with van der Waals surface area (Å²) in [6.07, 6.45) is 1.27. The van der Waals surface area contributed by atoms with E-state index in [2.05, 4.69) is 0 Å². The summed E-state index contributed by atoms with van der Waals surface area (Å²) in [6, 6.07) is 7.38. The standard InChI is InChI=1S/C15H17NO3/c1-15(2,3)19-13(17)9-11-10-7-5-6-8-12(10)16(4)14(11)18/h5-9H,1-4H3/b11-9+. The number of benzene rings is 1. The summed E-state index contributed by atoms with van der Waals surface area (Å²) in [7, 11) is 1.69. The van der Waals surface area contributed by atoms with Crippen LogP contribution in [0.1, 0.15) is 26.3 Å². The van der Waals surface area contributed by atoms with Gasteiger partial charge in [-0.1, -0.05) is 18.2 Å². The first-order valence-electron chi connectivity index (χ1n) is 6.12. The molecule has 0 unspecified atom stereocenters. The lowest BCUT2D eigenvalue weighted by atomic mass is 10.1. The van der Waals surface area contributed by atoms with Gasteiger partial charge in [-0.15, -0.1) is 0 Å². The van der Waals surface area contributed by atoms with E-state index in [-0.39, 0.29) is 5.91 Å². The normalized spacial score (nSPS) is 16.7. The fraction of sp³-hybridized carbons (Fsp3) is 0.333. The van der Waals surface area contributed by atoms with Gasteiger partial charge in [-0.3, -0.25) is 4.79 Å². The molecule has 1 aliphatic heterocycles. The van der Waals surface area contributed by atoms with Gasteiger partial charge in [0.05, 0.1) is 11.3 Å². The van der Waals surface area contributed by atoms with Crippen molar-refractivity contribution in [3.05, 3.63) is 35.9 Å². The van der Waals surface area contributed by atoms with Gasteiger partial charge in [0.15, 0.2) is 0 Å². The van der Waals surface area contributed by atoms with Crippen molar-refractivity contribution in [1.29, 1.82) is 0 Å². The van der Waals surface area contributed by atoms with Crippen molar-refractivity contribution in [1.82, 2.24) is 0 Å². The highest BCUT2D eigenvalue weighted by Crippen LogP contribution is 2.35. The Morgan fingerprint density at radius 3 is 2.53 bits per heavy atom. The second kappa shape index (κ2) is 4.53. The first-order chi connectivity index (χ1) is 8.79. The molecule has 0 N–H and O–H groups in total. The Balaban J connectivity index is 2.36. The van der Waals surface area contributed by atoms with Gasteiger partial charge in [0.25, 0.3) is 5.91 Å². The largest absolute Gasteiger partial charge is 0.457 e. The van der Waals surface area contributed by atoms with Gasteiger partial charge in [0.1, 0.15) is 5.60 Å². The number of nitrogens with zero attached hydrogens (tertiary/aromatic N) is 1. The number of carbonyl (C=O) groups is 2. The molecule has 4 nitrogen and oxygen atoms in total. The highest BCUT2D eigenvalue weighted by molar-refractivity contribution is 6.34. The van der Waals surface area contributed by atoms with Gasteiger partial charge in [-0.25, -0.2) is 4.79 Å². The van der Waals surface area contributed by atoms with E-state index in [1.165, 1.54) is 11.0 Å². The van der Waals surface area contributed by atoms with E-state index >= 15 is 0 Å². The first kappa shape index (κ1) is 13.3. The van der Waals surface area contributed by atoms with Crippen LogP contribution in [0.5, 0.6) is 0 Å². The molecule has 1 amide bonds. The molecule has 0 saturated carbocycles. The second-order valence-electron chi connectivity index (χ2n) is 5.47. The van der Waals surface area contributed by atoms with E-state index in [1.807, 2.05) is 24.3 Å². The number of carbonyl (C=O) groups excluding carboxylic acids is 2. The first-order valence-corrected chi connectivity index (χ1v) is 6.12. The smallest absolute Gasteiger partial charge is 0.332 e. The fourth-order valence-electron chi connectivity index (χ4n) is 1.99. The van der Waals surface area contributed by atoms with Gasteiger partial charge in [0.2, 0.25) is 0 Å². The van der Waals surface area contributed by atoms with Crippen molar-refractivity contribution >= 4 is 23.1 Å². The van der Waals surface area contributed by atoms with Crippen LogP contribution in [0.15, 0.2) is 30.3 Å². The summed E-state index contributed by atoms with van der Waals surface area (Å²) >= 11 is 0. The maximum Gasteiger partial charge on any atom is 0.332 e. The molecule has 19 heavy (non-hydrogen) atoms. The third-order valence-electron chi connectivity index (χ3n) is 2.76. The molecule has 1 aromatic rings. The van der Waals surface area contributed by atoms with Gasteiger partial charge < -0.3 is 9.64 Å². The second-order valence-corrected chi connectivity index (χ2v) is 5.47. The number of fused-ring (bicyclic) bond motifs is 1. The SMILES string of the molecule is CN1C(=O)/C(=C/C(=O)OC(C)(C)C)c2ccccc21. The van der Waals surface area contributed by atoms with E-state index in [9.17, 15) is 9.59 Å². The average molecular weight is 259 g/mol. The number of anilines is 1. The van der Waals surface area contributed by atoms with Crippen LogP contribution >= 0.6 is 0 Å². The Kier molecular flexibility index (Phi) is 3.18. The summed E-state index contributed by atoms with van der Waals surface area (Å²) in [5.41, 5.74) is 1.39. The summed E-state index contributed by atoms with van der Waals surface area (Å²) in [4.78, 5) is 25.5. The van der Waals surface area contributed by atoms with Crippen LogP contribution in [-0.2, 0) is 14.3 Å². The number of amides is 1. The summed E-state index contributed by atoms with van der Waals surface area (Å²) < 4.78 is 5.21. The molecule has 4 heteroatoms. The van der Waals surface area contributed by atoms with Gasteiger partial charge in [-0.05, 0) is 26.8 Å². The maximum atomic E-state index is 12.1. The number of rotatable bonds is 1. The van der Waals surface area contributed by atoms with Crippen molar-refractivity contribution in [2.45, 2.75) is 26.4 Å². The van der Waals surface area contributed by atoms with E-state index in [0.29, 0.717) is 5.57 Å². The Morgan fingerprint density at radius 2 is 1.89 bits per heavy atom. The van der Waals surface area contributed by atoms with Crippen LogP contribution in [-0.4, -0.2) is 24.5 Å². The van der Waals surface area contributed by atoms with Crippen LogP contribution in [0.25, 0.3) is 5.57 Å². The number of hydrogen-bond acceptors (Lipinski definition) is 3. The number of para-hydroxylation sites is 1. The van der Waals surface area contributed by atoms with E-state index in [4.69, 9.17) is 4.74 Å². The molecule has 1 aliphatic rings. The zero-order valence-electron chi connectivity index (χ0n) is 11.6. The lowest BCUT2D eigenvalue weighted by molar-refractivity contribution is -0.148. The summed E-state index contributed by atoms with van der Waals surface area (Å²) in [5, 5.41) is 0. The van der Waals surface area contributed by atoms with Crippen molar-refractivity contribution < 1.29 is 14.3 Å². The third kappa shape index (κ3) is 2.67. The molecule has 0 aromatic heterocycles. The number of esters is 1. The number of likely N-dealkylation sites (N-methyl/N-ethyl adjacent to an activating group) is 1. The molecule has 0 saturated heterocycles. The summed E-state index contributed by atoms with van der Waals surface area (Å²) in [5.74, 6) is -0.687. The zero-order valence-corrected chi connectivity index (χ0v) is 11.6. The van der Waals surface area contributed by atoms with Gasteiger partial charge >= 0.3 is 5.97 Å². The molecule has 2 rings (SSSR count). The van der Waals surface area contributed by atoms with Crippen LogP contribution in [0.3, 0.4) is 0 Å². The molecule has 0 radical (unpaired) electrons. The van der Waals surface area contributed by atoms with Crippen LogP contribution in [0.2, 0.25) is 0 Å². The van der Waals surface area contributed by atoms with Crippen LogP contribution < -0.4 is 4.90 Å². The molecular formula is C15H17NO3. The molecular weight excluding hydrogens is 242 g/mol. The zero-order chi connectivity index (χ0) is 14.2. The van der Waals surface area contributed by atoms with Crippen LogP contribution in [0, 0.1) is 0 Å². The molecule has 1 aromatic carbocycles. The molecule has 100 valence electrons. The number of hydrogen-bond donors (Lipinski definition) is 0. The molecule has 0 fully saturated rings. The topological polar surface area (TPSA) is 46.6 Å². The lowest BCUT2D eigenvalue weighted by Gasteiger charge is -2.18. The summed E-state index contributed by atoms with van der Waals surface area (Å²) in [6.45, 7) is 5.37. The predicted octanol–water partition coefficient (Wildman–Crippen LogP) is 2.39.